The van der Waals surface area contributed by atoms with Crippen molar-refractivity contribution in [2.24, 2.45) is 0 Å². The number of carbonyl (C=O) groups excluding carboxylic acids is 2. The van der Waals surface area contributed by atoms with E-state index in [0.717, 1.165) is 10.4 Å². The van der Waals surface area contributed by atoms with Gasteiger partial charge in [-0.1, -0.05) is 41.4 Å². The summed E-state index contributed by atoms with van der Waals surface area (Å²) in [5.74, 6) is -1.08. The molecule has 2 amide bonds. The fourth-order valence-electron chi connectivity index (χ4n) is 2.62. The molecule has 1 aliphatic rings. The summed E-state index contributed by atoms with van der Waals surface area (Å²) in [6.07, 6.45) is 0.608. The topological polar surface area (TPSA) is 83.6 Å². The minimum Gasteiger partial charge on any atom is -0.322 e. The van der Waals surface area contributed by atoms with Crippen LogP contribution >= 0.6 is 23.2 Å². The number of anilines is 1. The maximum atomic E-state index is 12.8. The fourth-order valence-corrected chi connectivity index (χ4v) is 4.92. The van der Waals surface area contributed by atoms with Crippen molar-refractivity contribution < 1.29 is 18.0 Å². The number of carbonyl (C=O) groups is 2. The predicted molar refractivity (Wildman–Crippen MR) is 99.0 cm³/mol. The minimum atomic E-state index is -4.15. The highest BCUT2D eigenvalue weighted by Gasteiger charge is 2.35. The number of amides is 2. The second-order valence-electron chi connectivity index (χ2n) is 5.66. The van der Waals surface area contributed by atoms with Crippen LogP contribution in [0.25, 0.3) is 0 Å². The lowest BCUT2D eigenvalue weighted by Crippen LogP contribution is -2.32. The molecule has 0 bridgehead atoms. The molecule has 0 saturated carbocycles. The van der Waals surface area contributed by atoms with Crippen LogP contribution in [0, 0.1) is 0 Å². The molecule has 2 aromatic rings. The van der Waals surface area contributed by atoms with Crippen molar-refractivity contribution in [1.82, 2.24) is 4.31 Å². The maximum absolute atomic E-state index is 12.8. The molecule has 0 aliphatic carbocycles. The van der Waals surface area contributed by atoms with Gasteiger partial charge in [0.2, 0.25) is 5.91 Å². The van der Waals surface area contributed by atoms with E-state index >= 15 is 0 Å². The third-order valence-electron chi connectivity index (χ3n) is 3.90. The smallest absolute Gasteiger partial charge is 0.267 e. The van der Waals surface area contributed by atoms with E-state index in [9.17, 15) is 18.0 Å². The van der Waals surface area contributed by atoms with Crippen molar-refractivity contribution in [3.05, 3.63) is 58.1 Å². The van der Waals surface area contributed by atoms with Crippen LogP contribution in [0.2, 0.25) is 10.0 Å². The molecule has 0 unspecified atom stereocenters. The van der Waals surface area contributed by atoms with E-state index in [-0.39, 0.29) is 33.5 Å². The second kappa shape index (κ2) is 7.26. The lowest BCUT2D eigenvalue weighted by atomic mass is 10.2. The SMILES string of the molecule is O=C(Nc1ccccc1)c1cc(S(=O)(=O)N2CCCC2=O)c(Cl)cc1Cl. The van der Waals surface area contributed by atoms with Gasteiger partial charge in [0.1, 0.15) is 4.90 Å². The molecule has 0 radical (unpaired) electrons. The summed E-state index contributed by atoms with van der Waals surface area (Å²) in [6.45, 7) is 0.0890. The molecule has 2 aromatic carbocycles. The zero-order valence-electron chi connectivity index (χ0n) is 13.4. The first kappa shape index (κ1) is 18.7. The molecular formula is C17H14Cl2N2O4S. The first-order valence-corrected chi connectivity index (χ1v) is 9.91. The number of nitrogens with one attached hydrogen (secondary N) is 1. The van der Waals surface area contributed by atoms with Gasteiger partial charge in [-0.05, 0) is 30.7 Å². The number of para-hydroxylation sites is 1. The van der Waals surface area contributed by atoms with E-state index < -0.39 is 21.8 Å². The molecule has 1 aliphatic heterocycles. The van der Waals surface area contributed by atoms with Crippen molar-refractivity contribution in [2.75, 3.05) is 11.9 Å². The summed E-state index contributed by atoms with van der Waals surface area (Å²) >= 11 is 12.1. The van der Waals surface area contributed by atoms with E-state index in [2.05, 4.69) is 5.32 Å². The first-order chi connectivity index (χ1) is 12.3. The Morgan fingerprint density at radius 2 is 1.77 bits per heavy atom. The predicted octanol–water partition coefficient (Wildman–Crippen LogP) is 3.56. The number of hydrogen-bond donors (Lipinski definition) is 1. The summed E-state index contributed by atoms with van der Waals surface area (Å²) in [6, 6.07) is 10.9. The Bertz CT molecular complexity index is 978. The Morgan fingerprint density at radius 1 is 1.08 bits per heavy atom. The van der Waals surface area contributed by atoms with Gasteiger partial charge in [-0.2, -0.15) is 0 Å². The van der Waals surface area contributed by atoms with Gasteiger partial charge in [-0.15, -0.1) is 0 Å². The van der Waals surface area contributed by atoms with Crippen LogP contribution in [0.15, 0.2) is 47.4 Å². The molecule has 1 saturated heterocycles. The molecule has 3 rings (SSSR count). The minimum absolute atomic E-state index is 0.00938. The van der Waals surface area contributed by atoms with Crippen LogP contribution < -0.4 is 5.32 Å². The van der Waals surface area contributed by atoms with E-state index in [4.69, 9.17) is 23.2 Å². The average molecular weight is 413 g/mol. The molecule has 0 spiro atoms. The molecule has 6 nitrogen and oxygen atoms in total. The van der Waals surface area contributed by atoms with Gasteiger partial charge in [-0.3, -0.25) is 9.59 Å². The largest absolute Gasteiger partial charge is 0.322 e. The third-order valence-corrected chi connectivity index (χ3v) is 6.49. The van der Waals surface area contributed by atoms with Crippen LogP contribution in [0.4, 0.5) is 5.69 Å². The van der Waals surface area contributed by atoms with Gasteiger partial charge in [0, 0.05) is 18.7 Å². The summed E-state index contributed by atoms with van der Waals surface area (Å²) in [4.78, 5) is 24.0. The van der Waals surface area contributed by atoms with Gasteiger partial charge in [0.25, 0.3) is 15.9 Å². The molecule has 1 fully saturated rings. The number of rotatable bonds is 4. The first-order valence-electron chi connectivity index (χ1n) is 7.72. The van der Waals surface area contributed by atoms with E-state index in [1.165, 1.54) is 6.07 Å². The van der Waals surface area contributed by atoms with Crippen molar-refractivity contribution in [1.29, 1.82) is 0 Å². The molecule has 1 heterocycles. The van der Waals surface area contributed by atoms with Crippen LogP contribution in [-0.4, -0.2) is 31.1 Å². The lowest BCUT2D eigenvalue weighted by Gasteiger charge is -2.18. The molecule has 0 aromatic heterocycles. The number of sulfonamides is 1. The van der Waals surface area contributed by atoms with Crippen LogP contribution in [0.1, 0.15) is 23.2 Å². The Morgan fingerprint density at radius 3 is 2.38 bits per heavy atom. The Balaban J connectivity index is 1.99. The average Bonchev–Trinajstić information content (AvgIpc) is 3.02. The molecular weight excluding hydrogens is 399 g/mol. The van der Waals surface area contributed by atoms with Crippen LogP contribution in [0.5, 0.6) is 0 Å². The molecule has 0 atom stereocenters. The normalized spacial score (nSPS) is 14.5. The zero-order valence-corrected chi connectivity index (χ0v) is 15.7. The van der Waals surface area contributed by atoms with Crippen LogP contribution in [0.3, 0.4) is 0 Å². The number of benzene rings is 2. The van der Waals surface area contributed by atoms with Gasteiger partial charge < -0.3 is 5.32 Å². The van der Waals surface area contributed by atoms with Gasteiger partial charge in [-0.25, -0.2) is 12.7 Å². The standard InChI is InChI=1S/C17H14Cl2N2O4S/c18-13-10-14(19)15(26(24,25)21-8-4-7-16(21)22)9-12(13)17(23)20-11-5-2-1-3-6-11/h1-3,5-6,9-10H,4,7-8H2,(H,20,23). The van der Waals surface area contributed by atoms with E-state index in [0.29, 0.717) is 12.1 Å². The van der Waals surface area contributed by atoms with Crippen molar-refractivity contribution >= 4 is 50.7 Å². The number of halogens is 2. The Labute approximate surface area is 160 Å². The highest BCUT2D eigenvalue weighted by atomic mass is 35.5. The second-order valence-corrected chi connectivity index (χ2v) is 8.30. The fraction of sp³-hybridized carbons (Fsp3) is 0.176. The van der Waals surface area contributed by atoms with Crippen LogP contribution in [-0.2, 0) is 14.8 Å². The zero-order chi connectivity index (χ0) is 18.9. The number of nitrogens with zero attached hydrogens (tertiary/aromatic N) is 1. The number of hydrogen-bond acceptors (Lipinski definition) is 4. The van der Waals surface area contributed by atoms with E-state index in [1.54, 1.807) is 30.3 Å². The highest BCUT2D eigenvalue weighted by molar-refractivity contribution is 7.89. The molecule has 136 valence electrons. The molecule has 1 N–H and O–H groups in total. The highest BCUT2D eigenvalue weighted by Crippen LogP contribution is 2.32. The van der Waals surface area contributed by atoms with Crippen molar-refractivity contribution in [2.45, 2.75) is 17.7 Å². The van der Waals surface area contributed by atoms with Gasteiger partial charge in [0.05, 0.1) is 15.6 Å². The summed E-state index contributed by atoms with van der Waals surface area (Å²) in [5.41, 5.74) is 0.479. The molecule has 9 heteroatoms. The van der Waals surface area contributed by atoms with E-state index in [1.807, 2.05) is 0 Å². The van der Waals surface area contributed by atoms with Gasteiger partial charge in [0.15, 0.2) is 0 Å². The Hall–Kier alpha value is -2.09. The monoisotopic (exact) mass is 412 g/mol. The quantitative estimate of drug-likeness (QED) is 0.831. The third kappa shape index (κ3) is 3.56. The van der Waals surface area contributed by atoms with Crippen molar-refractivity contribution in [3.8, 4) is 0 Å². The van der Waals surface area contributed by atoms with Crippen molar-refractivity contribution in [3.63, 3.8) is 0 Å². The lowest BCUT2D eigenvalue weighted by molar-refractivity contribution is -0.123. The Kier molecular flexibility index (Phi) is 5.22. The summed E-state index contributed by atoms with van der Waals surface area (Å²) in [7, 11) is -4.15. The van der Waals surface area contributed by atoms with Gasteiger partial charge >= 0.3 is 0 Å². The summed E-state index contributed by atoms with van der Waals surface area (Å²) in [5, 5.41) is 2.50. The molecule has 26 heavy (non-hydrogen) atoms. The summed E-state index contributed by atoms with van der Waals surface area (Å²) < 4.78 is 26.3. The maximum Gasteiger partial charge on any atom is 0.267 e.